The largest absolute Gasteiger partial charge is 1.00 e. The van der Waals surface area contributed by atoms with Gasteiger partial charge in [0.1, 0.15) is 4.64 Å². The van der Waals surface area contributed by atoms with Crippen molar-refractivity contribution in [3.05, 3.63) is 29.0 Å². The molecule has 0 aliphatic rings. The molecule has 0 amide bonds. The van der Waals surface area contributed by atoms with E-state index in [2.05, 4.69) is 12.2 Å². The Morgan fingerprint density at radius 1 is 1.50 bits per heavy atom. The minimum Gasteiger partial charge on any atom is -1.00 e. The first-order chi connectivity index (χ1) is 3.80. The average molecular weight is 217 g/mol. The van der Waals surface area contributed by atoms with Gasteiger partial charge in [-0.2, -0.15) is 4.73 Å². The summed E-state index contributed by atoms with van der Waals surface area (Å²) in [6, 6.07) is 5.13. The summed E-state index contributed by atoms with van der Waals surface area (Å²) in [7, 11) is 0. The monoisotopic (exact) mass is 215 g/mol. The number of rotatable bonds is 0. The van der Waals surface area contributed by atoms with Crippen molar-refractivity contribution in [3.8, 4) is 0 Å². The summed E-state index contributed by atoms with van der Waals surface area (Å²) >= 11 is 4.67. The van der Waals surface area contributed by atoms with E-state index >= 15 is 0 Å². The van der Waals surface area contributed by atoms with Crippen LogP contribution in [0.25, 0.3) is 0 Å². The molecule has 1 aromatic heterocycles. The number of aromatic nitrogens is 1. The molecule has 0 spiro atoms. The van der Waals surface area contributed by atoms with E-state index in [9.17, 15) is 0 Å². The van der Waals surface area contributed by atoms with Crippen molar-refractivity contribution in [3.63, 3.8) is 0 Å². The number of pyridine rings is 1. The molecule has 0 aromatic carbocycles. The Labute approximate surface area is 101 Å². The van der Waals surface area contributed by atoms with Crippen LogP contribution in [0.5, 0.6) is 0 Å². The van der Waals surface area contributed by atoms with Crippen LogP contribution < -0.4 is 29.6 Å². The van der Waals surface area contributed by atoms with Crippen LogP contribution in [0.4, 0.5) is 0 Å². The number of hydrogen-bond acceptors (Lipinski definition) is 2. The van der Waals surface area contributed by atoms with Gasteiger partial charge in [0, 0.05) is 25.7 Å². The molecule has 0 saturated heterocycles. The van der Waals surface area contributed by atoms with Gasteiger partial charge in [-0.1, -0.05) is 18.3 Å². The van der Waals surface area contributed by atoms with Crippen LogP contribution in [-0.4, -0.2) is 9.94 Å². The van der Waals surface area contributed by atoms with Crippen LogP contribution in [0.1, 0.15) is 1.43 Å². The Balaban J connectivity index is -0.000000213. The maximum absolute atomic E-state index is 8.73. The smallest absolute Gasteiger partial charge is 1.00 e. The Kier molecular flexibility index (Phi) is 8.70. The maximum Gasteiger partial charge on any atom is 1.00 e. The Morgan fingerprint density at radius 3 is 2.40 bits per heavy atom. The molecule has 0 unspecified atom stereocenters. The predicted octanol–water partition coefficient (Wildman–Crippen LogP) is -1.43. The maximum atomic E-state index is 8.73. The van der Waals surface area contributed by atoms with Gasteiger partial charge in [0.2, 0.25) is 0 Å². The second-order valence-electron chi connectivity index (χ2n) is 1.38. The van der Waals surface area contributed by atoms with Crippen molar-refractivity contribution < 1.29 is 55.7 Å². The Hall–Kier alpha value is 0.793. The zero-order valence-corrected chi connectivity index (χ0v) is 11.6. The van der Waals surface area contributed by atoms with Crippen molar-refractivity contribution in [1.29, 1.82) is 0 Å². The molecule has 0 radical (unpaired) electrons. The predicted molar refractivity (Wildman–Crippen MR) is 33.6 cm³/mol. The fourth-order valence-corrected chi connectivity index (χ4v) is 0.558. The molecule has 0 fully saturated rings. The normalized spacial score (nSPS) is 7.20. The second kappa shape index (κ2) is 6.50. The van der Waals surface area contributed by atoms with Gasteiger partial charge in [0.15, 0.2) is 0 Å². The SMILES string of the molecule is On1ccccc1=S.[H-].[Na+].[Zn]. The van der Waals surface area contributed by atoms with Crippen LogP contribution >= 0.6 is 12.2 Å². The topological polar surface area (TPSA) is 25.2 Å². The Morgan fingerprint density at radius 2 is 2.10 bits per heavy atom. The second-order valence-corrected chi connectivity index (χ2v) is 1.80. The molecular weight excluding hydrogens is 211 g/mol. The third-order valence-corrected chi connectivity index (χ3v) is 1.13. The first-order valence-corrected chi connectivity index (χ1v) is 2.58. The summed E-state index contributed by atoms with van der Waals surface area (Å²) in [5.41, 5.74) is 0. The van der Waals surface area contributed by atoms with Gasteiger partial charge in [-0.05, 0) is 12.1 Å². The summed E-state index contributed by atoms with van der Waals surface area (Å²) < 4.78 is 1.32. The van der Waals surface area contributed by atoms with Crippen LogP contribution in [-0.2, 0) is 19.5 Å². The molecule has 5 heteroatoms. The third kappa shape index (κ3) is 3.84. The molecular formula is C5H6NNaOSZn. The molecule has 10 heavy (non-hydrogen) atoms. The summed E-state index contributed by atoms with van der Waals surface area (Å²) in [5, 5.41) is 8.73. The average Bonchev–Trinajstić information content (AvgIpc) is 1.77. The third-order valence-electron chi connectivity index (χ3n) is 0.803. The van der Waals surface area contributed by atoms with Gasteiger partial charge in [0.25, 0.3) is 0 Å². The molecule has 46 valence electrons. The summed E-state index contributed by atoms with van der Waals surface area (Å²) in [4.78, 5) is 0. The van der Waals surface area contributed by atoms with E-state index in [4.69, 9.17) is 5.21 Å². The molecule has 2 nitrogen and oxygen atoms in total. The van der Waals surface area contributed by atoms with E-state index in [1.165, 1.54) is 6.20 Å². The summed E-state index contributed by atoms with van der Waals surface area (Å²) in [5.74, 6) is 0. The van der Waals surface area contributed by atoms with Crippen molar-refractivity contribution in [2.24, 2.45) is 0 Å². The first-order valence-electron chi connectivity index (χ1n) is 2.17. The molecule has 1 heterocycles. The zero-order valence-electron chi connectivity index (χ0n) is 6.82. The molecule has 0 atom stereocenters. The molecule has 1 aromatic rings. The van der Waals surface area contributed by atoms with E-state index in [1.54, 1.807) is 18.2 Å². The van der Waals surface area contributed by atoms with E-state index in [1.807, 2.05) is 0 Å². The van der Waals surface area contributed by atoms with Crippen molar-refractivity contribution in [2.75, 3.05) is 0 Å². The molecule has 0 aliphatic heterocycles. The molecule has 1 rings (SSSR count). The minimum absolute atomic E-state index is 0. The van der Waals surface area contributed by atoms with Gasteiger partial charge in [0.05, 0.1) is 0 Å². The molecule has 1 N–H and O–H groups in total. The Bertz CT molecular complexity index is 244. The van der Waals surface area contributed by atoms with Crippen LogP contribution in [0, 0.1) is 4.64 Å². The van der Waals surface area contributed by atoms with Crippen LogP contribution in [0.3, 0.4) is 0 Å². The van der Waals surface area contributed by atoms with E-state index in [0.29, 0.717) is 4.64 Å². The van der Waals surface area contributed by atoms with E-state index < -0.39 is 0 Å². The first kappa shape index (κ1) is 13.4. The van der Waals surface area contributed by atoms with Crippen LogP contribution in [0.15, 0.2) is 24.4 Å². The minimum atomic E-state index is 0. The van der Waals surface area contributed by atoms with Crippen molar-refractivity contribution in [2.45, 2.75) is 0 Å². The molecule has 0 aliphatic carbocycles. The van der Waals surface area contributed by atoms with Crippen LogP contribution in [0.2, 0.25) is 0 Å². The molecule has 0 saturated carbocycles. The fraction of sp³-hybridized carbons (Fsp3) is 0. The van der Waals surface area contributed by atoms with Crippen molar-refractivity contribution >= 4 is 12.2 Å². The van der Waals surface area contributed by atoms with Gasteiger partial charge >= 0.3 is 29.6 Å². The fourth-order valence-electron chi connectivity index (χ4n) is 0.419. The number of hydrogen-bond donors (Lipinski definition) is 1. The number of nitrogens with zero attached hydrogens (tertiary/aromatic N) is 1. The van der Waals surface area contributed by atoms with Crippen molar-refractivity contribution in [1.82, 2.24) is 4.73 Å². The van der Waals surface area contributed by atoms with Gasteiger partial charge in [-0.15, -0.1) is 0 Å². The van der Waals surface area contributed by atoms with Gasteiger partial charge in [-0.25, -0.2) is 0 Å². The summed E-state index contributed by atoms with van der Waals surface area (Å²) in [6.45, 7) is 0. The van der Waals surface area contributed by atoms with Gasteiger partial charge < -0.3 is 6.63 Å². The van der Waals surface area contributed by atoms with E-state index in [-0.39, 0.29) is 50.5 Å². The van der Waals surface area contributed by atoms with Gasteiger partial charge in [-0.3, -0.25) is 0 Å². The molecule has 0 bridgehead atoms. The summed E-state index contributed by atoms with van der Waals surface area (Å²) in [6.07, 6.45) is 1.49. The quantitative estimate of drug-likeness (QED) is 0.327. The standard InChI is InChI=1S/C5H5NOS.Na.Zn.H/c7-6-4-2-1-3-5(6)8;;;/h1-4,7H;;;/q;+1;;-1. The zero-order chi connectivity index (χ0) is 5.98. The van der Waals surface area contributed by atoms with E-state index in [0.717, 1.165) is 4.73 Å².